The standard InChI is InChI=1S/2C20H18N4O4S2/c2*1-29(25,26)16-10-6-14(7-11-16)18-4-3-5-19-22-20(23-24(18)19)21-15-8-12-17(13-9-15)30(2,27)28/h2*3-13H,1-2H3,(H,21,23). The van der Waals surface area contributed by atoms with Gasteiger partial charge in [0, 0.05) is 47.5 Å². The average Bonchev–Trinajstić information content (AvgIpc) is 3.80. The van der Waals surface area contributed by atoms with Crippen LogP contribution in [0, 0.1) is 0 Å². The van der Waals surface area contributed by atoms with Crippen molar-refractivity contribution in [1.29, 1.82) is 0 Å². The van der Waals surface area contributed by atoms with Gasteiger partial charge in [-0.2, -0.15) is 9.97 Å². The van der Waals surface area contributed by atoms with Gasteiger partial charge in [0.1, 0.15) is 0 Å². The van der Waals surface area contributed by atoms with Crippen LogP contribution in [0.25, 0.3) is 33.8 Å². The molecule has 0 bridgehead atoms. The highest BCUT2D eigenvalue weighted by Crippen LogP contribution is 2.26. The fraction of sp³-hybridized carbons (Fsp3) is 0.100. The number of aromatic nitrogens is 6. The Morgan fingerprint density at radius 2 is 0.667 bits per heavy atom. The summed E-state index contributed by atoms with van der Waals surface area (Å²) in [5.74, 6) is 0.699. The number of rotatable bonds is 10. The molecule has 0 radical (unpaired) electrons. The zero-order chi connectivity index (χ0) is 43.0. The topological polar surface area (TPSA) is 221 Å². The number of benzene rings is 4. The van der Waals surface area contributed by atoms with Gasteiger partial charge in [-0.05, 0) is 97.1 Å². The van der Waals surface area contributed by atoms with Crippen LogP contribution in [-0.4, -0.2) is 87.9 Å². The minimum atomic E-state index is -3.27. The number of hydrogen-bond donors (Lipinski definition) is 2. The summed E-state index contributed by atoms with van der Waals surface area (Å²) in [5, 5.41) is 15.1. The third-order valence-electron chi connectivity index (χ3n) is 8.95. The Bertz CT molecular complexity index is 3110. The average molecular weight is 885 g/mol. The largest absolute Gasteiger partial charge is 0.323 e. The van der Waals surface area contributed by atoms with Crippen LogP contribution in [-0.2, 0) is 39.3 Å². The molecule has 60 heavy (non-hydrogen) atoms. The van der Waals surface area contributed by atoms with E-state index in [0.29, 0.717) is 34.6 Å². The maximum absolute atomic E-state index is 11.7. The second-order valence-corrected chi connectivity index (χ2v) is 21.7. The highest BCUT2D eigenvalue weighted by molar-refractivity contribution is 7.91. The first-order chi connectivity index (χ1) is 28.2. The quantitative estimate of drug-likeness (QED) is 0.164. The van der Waals surface area contributed by atoms with Gasteiger partial charge in [-0.15, -0.1) is 10.2 Å². The Morgan fingerprint density at radius 3 is 0.950 bits per heavy atom. The molecule has 4 aromatic heterocycles. The molecular formula is C40H36N8O8S4. The molecule has 20 heteroatoms. The van der Waals surface area contributed by atoms with Gasteiger partial charge in [-0.25, -0.2) is 42.7 Å². The van der Waals surface area contributed by atoms with E-state index >= 15 is 0 Å². The van der Waals surface area contributed by atoms with Crippen LogP contribution in [0.2, 0.25) is 0 Å². The smallest absolute Gasteiger partial charge is 0.247 e. The van der Waals surface area contributed by atoms with Crippen molar-refractivity contribution >= 4 is 73.9 Å². The number of sulfone groups is 4. The van der Waals surface area contributed by atoms with Crippen LogP contribution < -0.4 is 10.6 Å². The molecule has 8 aromatic rings. The maximum atomic E-state index is 11.7. The van der Waals surface area contributed by atoms with Crippen molar-refractivity contribution in [2.24, 2.45) is 0 Å². The number of anilines is 4. The third-order valence-corrected chi connectivity index (χ3v) is 13.5. The summed E-state index contributed by atoms with van der Waals surface area (Å²) in [6, 6.07) is 36.8. The number of nitrogens with one attached hydrogen (secondary N) is 2. The number of fused-ring (bicyclic) bond motifs is 2. The number of pyridine rings is 2. The molecule has 0 atom stereocenters. The van der Waals surface area contributed by atoms with Crippen molar-refractivity contribution < 1.29 is 33.7 Å². The van der Waals surface area contributed by atoms with Gasteiger partial charge >= 0.3 is 0 Å². The summed E-state index contributed by atoms with van der Waals surface area (Å²) in [6.07, 6.45) is 4.65. The minimum Gasteiger partial charge on any atom is -0.323 e. The molecule has 308 valence electrons. The molecule has 4 aromatic carbocycles. The lowest BCUT2D eigenvalue weighted by molar-refractivity contribution is 0.600. The molecule has 4 heterocycles. The maximum Gasteiger partial charge on any atom is 0.247 e. The Balaban J connectivity index is 0.000000181. The van der Waals surface area contributed by atoms with Gasteiger partial charge in [0.2, 0.25) is 11.9 Å². The van der Waals surface area contributed by atoms with Gasteiger partial charge in [0.05, 0.1) is 31.0 Å². The first-order valence-electron chi connectivity index (χ1n) is 17.7. The molecule has 0 aliphatic rings. The summed E-state index contributed by atoms with van der Waals surface area (Å²) in [7, 11) is -13.1. The van der Waals surface area contributed by atoms with Crippen LogP contribution in [0.3, 0.4) is 0 Å². The Kier molecular flexibility index (Phi) is 11.1. The molecule has 8 rings (SSSR count). The van der Waals surface area contributed by atoms with Gasteiger partial charge in [0.15, 0.2) is 50.6 Å². The Morgan fingerprint density at radius 1 is 0.383 bits per heavy atom. The molecular weight excluding hydrogens is 849 g/mol. The van der Waals surface area contributed by atoms with Crippen molar-refractivity contribution in [1.82, 2.24) is 29.2 Å². The Hall–Kier alpha value is -6.48. The van der Waals surface area contributed by atoms with Crippen LogP contribution in [0.5, 0.6) is 0 Å². The first kappa shape index (κ1) is 41.7. The van der Waals surface area contributed by atoms with Crippen molar-refractivity contribution in [3.8, 4) is 22.5 Å². The predicted molar refractivity (Wildman–Crippen MR) is 229 cm³/mol. The SMILES string of the molecule is CS(=O)(=O)c1ccc(Nc2nc3cccc(-c4ccc(S(C)(=O)=O)cc4)n3n2)cc1.CS(=O)(=O)c1ccc(Nc2nc3cccc(-c4ccc(S(C)(=O)=O)cc4)n3n2)cc1. The van der Waals surface area contributed by atoms with Gasteiger partial charge in [-0.3, -0.25) is 0 Å². The summed E-state index contributed by atoms with van der Waals surface area (Å²) < 4.78 is 96.4. The summed E-state index contributed by atoms with van der Waals surface area (Å²) in [6.45, 7) is 0. The van der Waals surface area contributed by atoms with E-state index in [2.05, 4.69) is 30.8 Å². The zero-order valence-electron chi connectivity index (χ0n) is 32.3. The van der Waals surface area contributed by atoms with E-state index in [1.807, 2.05) is 24.3 Å². The molecule has 0 fully saturated rings. The monoisotopic (exact) mass is 884 g/mol. The van der Waals surface area contributed by atoms with E-state index in [9.17, 15) is 33.7 Å². The molecule has 0 aliphatic carbocycles. The van der Waals surface area contributed by atoms with Crippen LogP contribution >= 0.6 is 0 Å². The number of nitrogens with zero attached hydrogens (tertiary/aromatic N) is 6. The van der Waals surface area contributed by atoms with E-state index in [0.717, 1.165) is 35.0 Å². The minimum absolute atomic E-state index is 0.232. The zero-order valence-corrected chi connectivity index (χ0v) is 35.5. The van der Waals surface area contributed by atoms with E-state index < -0.39 is 39.3 Å². The first-order valence-corrected chi connectivity index (χ1v) is 25.3. The molecule has 0 saturated heterocycles. The summed E-state index contributed by atoms with van der Waals surface area (Å²) in [5.41, 5.74) is 5.60. The second-order valence-electron chi connectivity index (χ2n) is 13.7. The van der Waals surface area contributed by atoms with E-state index in [1.54, 1.807) is 94.0 Å². The lowest BCUT2D eigenvalue weighted by Crippen LogP contribution is -1.99. The second kappa shape index (κ2) is 15.9. The Labute approximate surface area is 346 Å². The van der Waals surface area contributed by atoms with Gasteiger partial charge in [-0.1, -0.05) is 36.4 Å². The lowest BCUT2D eigenvalue weighted by Gasteiger charge is -2.05. The van der Waals surface area contributed by atoms with E-state index in [1.165, 1.54) is 36.8 Å². The normalized spacial score (nSPS) is 12.2. The van der Waals surface area contributed by atoms with E-state index in [4.69, 9.17) is 0 Å². The van der Waals surface area contributed by atoms with Crippen LogP contribution in [0.15, 0.2) is 153 Å². The van der Waals surface area contributed by atoms with Crippen molar-refractivity contribution in [2.75, 3.05) is 35.7 Å². The van der Waals surface area contributed by atoms with Gasteiger partial charge < -0.3 is 10.6 Å². The highest BCUT2D eigenvalue weighted by atomic mass is 32.2. The molecule has 2 N–H and O–H groups in total. The molecule has 16 nitrogen and oxygen atoms in total. The van der Waals surface area contributed by atoms with Crippen molar-refractivity contribution in [3.63, 3.8) is 0 Å². The summed E-state index contributed by atoms with van der Waals surface area (Å²) in [4.78, 5) is 9.86. The number of hydrogen-bond acceptors (Lipinski definition) is 14. The molecule has 0 saturated carbocycles. The van der Waals surface area contributed by atoms with Crippen molar-refractivity contribution in [2.45, 2.75) is 19.6 Å². The fourth-order valence-electron chi connectivity index (χ4n) is 5.93. The van der Waals surface area contributed by atoms with E-state index in [-0.39, 0.29) is 19.6 Å². The summed E-state index contributed by atoms with van der Waals surface area (Å²) >= 11 is 0. The third kappa shape index (κ3) is 9.52. The lowest BCUT2D eigenvalue weighted by atomic mass is 10.1. The van der Waals surface area contributed by atoms with Gasteiger partial charge in [0.25, 0.3) is 0 Å². The van der Waals surface area contributed by atoms with Crippen LogP contribution in [0.1, 0.15) is 0 Å². The predicted octanol–water partition coefficient (Wildman–Crippen LogP) is 5.89. The fourth-order valence-corrected chi connectivity index (χ4v) is 8.45. The van der Waals surface area contributed by atoms with Crippen LogP contribution in [0.4, 0.5) is 23.3 Å². The molecule has 0 spiro atoms. The highest BCUT2D eigenvalue weighted by Gasteiger charge is 2.14. The molecule has 0 amide bonds. The molecule has 0 unspecified atom stereocenters. The molecule has 0 aliphatic heterocycles. The van der Waals surface area contributed by atoms with Crippen molar-refractivity contribution in [3.05, 3.63) is 133 Å².